The summed E-state index contributed by atoms with van der Waals surface area (Å²) in [6, 6.07) is 9.64. The maximum Gasteiger partial charge on any atom is 1.00 e. The van der Waals surface area contributed by atoms with E-state index in [1.807, 2.05) is 61.6 Å². The van der Waals surface area contributed by atoms with E-state index in [4.69, 9.17) is 4.74 Å². The Balaban J connectivity index is 0.00000272. The third-order valence-electron chi connectivity index (χ3n) is 5.03. The number of nitrogens with one attached hydrogen (secondary N) is 2. The van der Waals surface area contributed by atoms with Crippen LogP contribution in [0.5, 0.6) is 0 Å². The third kappa shape index (κ3) is 6.35. The molecule has 0 radical (unpaired) electrons. The van der Waals surface area contributed by atoms with E-state index in [1.165, 1.54) is 0 Å². The van der Waals surface area contributed by atoms with Crippen LogP contribution in [0, 0.1) is 12.7 Å². The Morgan fingerprint density at radius 1 is 1.39 bits per heavy atom. The summed E-state index contributed by atoms with van der Waals surface area (Å²) in [7, 11) is 1.95. The zero-order chi connectivity index (χ0) is 20.9. The van der Waals surface area contributed by atoms with Crippen molar-refractivity contribution in [2.24, 2.45) is 4.99 Å². The molecule has 1 aromatic heterocycles. The number of anilines is 1. The summed E-state index contributed by atoms with van der Waals surface area (Å²) in [5.74, 6) is 0.151. The molecule has 1 saturated heterocycles. The van der Waals surface area contributed by atoms with Crippen molar-refractivity contribution in [1.82, 2.24) is 10.3 Å². The molecule has 154 valence electrons. The Morgan fingerprint density at radius 3 is 2.90 bits per heavy atom. The predicted octanol–water partition coefficient (Wildman–Crippen LogP) is -0.294. The molecule has 0 aliphatic carbocycles. The fourth-order valence-electron chi connectivity index (χ4n) is 3.15. The maximum atomic E-state index is 12.7. The monoisotopic (exact) mass is 441 g/mol. The number of amides is 1. The quantitative estimate of drug-likeness (QED) is 0.268. The second-order valence-electron chi connectivity index (χ2n) is 7.44. The van der Waals surface area contributed by atoms with E-state index >= 15 is 0 Å². The number of hydrogen-bond acceptors (Lipinski definition) is 5. The van der Waals surface area contributed by atoms with Gasteiger partial charge in [-0.2, -0.15) is 0 Å². The van der Waals surface area contributed by atoms with Crippen molar-refractivity contribution in [3.63, 3.8) is 0 Å². The summed E-state index contributed by atoms with van der Waals surface area (Å²) in [4.78, 5) is 21.1. The minimum Gasteiger partial charge on any atom is -0.560 e. The molecular formula is C23H24KN5O2. The number of ether oxygens (including phenoxy) is 1. The number of aromatic nitrogens is 1. The number of pyridine rings is 1. The van der Waals surface area contributed by atoms with Crippen molar-refractivity contribution in [3.05, 3.63) is 78.4 Å². The van der Waals surface area contributed by atoms with Gasteiger partial charge >= 0.3 is 51.4 Å². The van der Waals surface area contributed by atoms with Gasteiger partial charge < -0.3 is 31.1 Å². The van der Waals surface area contributed by atoms with Crippen LogP contribution < -0.4 is 62.0 Å². The van der Waals surface area contributed by atoms with Crippen molar-refractivity contribution < 1.29 is 65.5 Å². The topological polar surface area (TPSA) is 78.6 Å². The molecule has 1 aromatic carbocycles. The van der Waals surface area contributed by atoms with Gasteiger partial charge in [-0.3, -0.25) is 9.78 Å². The maximum absolute atomic E-state index is 12.7. The van der Waals surface area contributed by atoms with Crippen LogP contribution in [0.2, 0.25) is 0 Å². The molecule has 1 fully saturated rings. The van der Waals surface area contributed by atoms with Crippen molar-refractivity contribution in [1.29, 1.82) is 0 Å². The van der Waals surface area contributed by atoms with Crippen molar-refractivity contribution in [3.8, 4) is 0 Å². The average molecular weight is 442 g/mol. The summed E-state index contributed by atoms with van der Waals surface area (Å²) in [5.41, 5.74) is 4.25. The number of rotatable bonds is 7. The Kier molecular flexibility index (Phi) is 8.59. The normalized spacial score (nSPS) is 17.6. The van der Waals surface area contributed by atoms with Crippen LogP contribution in [0.4, 0.5) is 5.69 Å². The second kappa shape index (κ2) is 11.2. The van der Waals surface area contributed by atoms with Crippen molar-refractivity contribution in [2.75, 3.05) is 25.6 Å². The SMILES string of the molecule is CC(N[C-]=CN=C1C=[N+](C)[CH-]1)c1cccc(NC(=O)c2cncc(C3COC3)c2)c1.[K+]. The molecule has 8 heteroatoms. The minimum atomic E-state index is -0.178. The summed E-state index contributed by atoms with van der Waals surface area (Å²) in [6.07, 6.45) is 9.91. The van der Waals surface area contributed by atoms with Crippen LogP contribution in [0.15, 0.2) is 53.9 Å². The standard InChI is InChI=1S/C23H24N5O2.K/c1-16(25-6-7-26-22-12-28(2)13-22)17-4-3-5-21(9-17)27-23(29)19-8-18(10-24-11-19)20-14-30-15-20;/h3-5,7-13,16,20,25H,14-15H2,1-2H3,(H,27,29);/q-1;+1. The molecule has 31 heavy (non-hydrogen) atoms. The predicted molar refractivity (Wildman–Crippen MR) is 116 cm³/mol. The number of benzene rings is 1. The first-order chi connectivity index (χ1) is 14.6. The van der Waals surface area contributed by atoms with Gasteiger partial charge in [-0.05, 0) is 36.2 Å². The molecule has 2 N–H and O–H groups in total. The van der Waals surface area contributed by atoms with Crippen LogP contribution in [-0.4, -0.2) is 47.7 Å². The van der Waals surface area contributed by atoms with Crippen LogP contribution in [0.3, 0.4) is 0 Å². The fraction of sp³-hybridized carbons (Fsp3) is 0.261. The summed E-state index contributed by atoms with van der Waals surface area (Å²) in [5, 5.41) is 6.13. The first-order valence-electron chi connectivity index (χ1n) is 9.85. The third-order valence-corrected chi connectivity index (χ3v) is 5.03. The van der Waals surface area contributed by atoms with Gasteiger partial charge in [0.1, 0.15) is 7.05 Å². The van der Waals surface area contributed by atoms with Crippen LogP contribution in [0.1, 0.15) is 40.4 Å². The summed E-state index contributed by atoms with van der Waals surface area (Å²) >= 11 is 0. The molecule has 7 nitrogen and oxygen atoms in total. The molecule has 3 heterocycles. The van der Waals surface area contributed by atoms with Gasteiger partial charge in [-0.25, -0.2) is 0 Å². The van der Waals surface area contributed by atoms with E-state index in [1.54, 1.807) is 18.6 Å². The Morgan fingerprint density at radius 2 is 2.19 bits per heavy atom. The van der Waals surface area contributed by atoms with E-state index in [0.29, 0.717) is 24.7 Å². The molecule has 4 rings (SSSR count). The Bertz CT molecular complexity index is 1030. The average Bonchev–Trinajstić information content (AvgIpc) is 2.68. The van der Waals surface area contributed by atoms with Gasteiger partial charge in [-0.15, -0.1) is 6.20 Å². The molecule has 1 amide bonds. The van der Waals surface area contributed by atoms with Gasteiger partial charge in [0.05, 0.1) is 37.2 Å². The molecule has 1 unspecified atom stereocenters. The van der Waals surface area contributed by atoms with Crippen molar-refractivity contribution >= 4 is 23.5 Å². The molecular weight excluding hydrogens is 417 g/mol. The Labute approximate surface area is 225 Å². The van der Waals surface area contributed by atoms with Gasteiger partial charge in [0.25, 0.3) is 5.91 Å². The summed E-state index contributed by atoms with van der Waals surface area (Å²) in [6.45, 7) is 5.33. The zero-order valence-corrected chi connectivity index (χ0v) is 21.1. The van der Waals surface area contributed by atoms with E-state index in [9.17, 15) is 4.79 Å². The van der Waals surface area contributed by atoms with E-state index < -0.39 is 0 Å². The molecule has 2 aliphatic heterocycles. The first-order valence-corrected chi connectivity index (χ1v) is 9.85. The van der Waals surface area contributed by atoms with Gasteiger partial charge in [0.2, 0.25) is 0 Å². The number of nitrogens with zero attached hydrogens (tertiary/aromatic N) is 3. The zero-order valence-electron chi connectivity index (χ0n) is 18.0. The molecule has 1 atom stereocenters. The van der Waals surface area contributed by atoms with Crippen LogP contribution in [0.25, 0.3) is 0 Å². The second-order valence-corrected chi connectivity index (χ2v) is 7.44. The van der Waals surface area contributed by atoms with E-state index in [2.05, 4.69) is 26.8 Å². The van der Waals surface area contributed by atoms with Gasteiger partial charge in [0, 0.05) is 30.0 Å². The summed E-state index contributed by atoms with van der Waals surface area (Å²) < 4.78 is 7.17. The smallest absolute Gasteiger partial charge is 0.560 e. The fourth-order valence-corrected chi connectivity index (χ4v) is 3.15. The van der Waals surface area contributed by atoms with Gasteiger partial charge in [-0.1, -0.05) is 12.1 Å². The Hall–Kier alpha value is -1.81. The minimum absolute atomic E-state index is 0. The first kappa shape index (κ1) is 23.8. The molecule has 2 aliphatic rings. The molecule has 0 bridgehead atoms. The van der Waals surface area contributed by atoms with Gasteiger partial charge in [0.15, 0.2) is 0 Å². The molecule has 0 spiro atoms. The van der Waals surface area contributed by atoms with E-state index in [-0.39, 0.29) is 63.3 Å². The molecule has 0 saturated carbocycles. The number of hydrogen-bond donors (Lipinski definition) is 2. The number of aliphatic imine (C=N–C) groups is 1. The van der Waals surface area contributed by atoms with E-state index in [0.717, 1.165) is 22.5 Å². The van der Waals surface area contributed by atoms with Crippen LogP contribution >= 0.6 is 0 Å². The largest absolute Gasteiger partial charge is 1.00 e. The number of carbonyl (C=O) groups is 1. The molecule has 2 aromatic rings. The van der Waals surface area contributed by atoms with Crippen LogP contribution in [-0.2, 0) is 4.74 Å². The number of carbonyl (C=O) groups excluding carboxylic acids is 1. The van der Waals surface area contributed by atoms with Crippen molar-refractivity contribution in [2.45, 2.75) is 18.9 Å².